The molecule has 1 aliphatic rings. The van der Waals surface area contributed by atoms with Crippen molar-refractivity contribution in [3.05, 3.63) is 11.6 Å². The zero-order valence-electron chi connectivity index (χ0n) is 11.9. The Kier molecular flexibility index (Phi) is 3.99. The molecule has 1 amide bonds. The molecule has 1 unspecified atom stereocenters. The highest BCUT2D eigenvalue weighted by Gasteiger charge is 2.32. The number of amides is 1. The van der Waals surface area contributed by atoms with Crippen LogP contribution in [-0.4, -0.2) is 47.8 Å². The van der Waals surface area contributed by atoms with Crippen LogP contribution in [0.3, 0.4) is 0 Å². The van der Waals surface area contributed by atoms with Crippen molar-refractivity contribution in [1.82, 2.24) is 9.88 Å². The van der Waals surface area contributed by atoms with Gasteiger partial charge in [0, 0.05) is 31.7 Å². The van der Waals surface area contributed by atoms with Crippen LogP contribution in [0.1, 0.15) is 27.2 Å². The lowest BCUT2D eigenvalue weighted by atomic mass is 10.2. The molecule has 0 N–H and O–H groups in total. The van der Waals surface area contributed by atoms with E-state index in [1.54, 1.807) is 22.4 Å². The fourth-order valence-electron chi connectivity index (χ4n) is 2.10. The van der Waals surface area contributed by atoms with Crippen LogP contribution in [0.5, 0.6) is 0 Å². The Hall–Kier alpha value is -1.30. The summed E-state index contributed by atoms with van der Waals surface area (Å²) in [6.07, 6.45) is 2.54. The van der Waals surface area contributed by atoms with Crippen LogP contribution >= 0.6 is 11.3 Å². The van der Waals surface area contributed by atoms with Crippen LogP contribution in [0.4, 0.5) is 9.93 Å². The molecular formula is C13H21N3O2S. The van der Waals surface area contributed by atoms with E-state index in [-0.39, 0.29) is 6.09 Å². The van der Waals surface area contributed by atoms with E-state index in [9.17, 15) is 4.79 Å². The summed E-state index contributed by atoms with van der Waals surface area (Å²) in [5.41, 5.74) is -0.434. The fraction of sp³-hybridized carbons (Fsp3) is 0.692. The molecule has 1 aromatic rings. The second kappa shape index (κ2) is 5.36. The highest BCUT2D eigenvalue weighted by atomic mass is 32.1. The molecule has 0 saturated carbocycles. The highest BCUT2D eigenvalue weighted by molar-refractivity contribution is 7.13. The third-order valence-electron chi connectivity index (χ3n) is 3.08. The van der Waals surface area contributed by atoms with Gasteiger partial charge in [-0.3, -0.25) is 0 Å². The summed E-state index contributed by atoms with van der Waals surface area (Å²) in [6.45, 7) is 7.11. The molecule has 0 spiro atoms. The molecule has 2 rings (SSSR count). The number of aromatic nitrogens is 1. The van der Waals surface area contributed by atoms with Crippen LogP contribution in [0.15, 0.2) is 11.6 Å². The molecule has 0 bridgehead atoms. The molecule has 1 fully saturated rings. The zero-order chi connectivity index (χ0) is 14.0. The lowest BCUT2D eigenvalue weighted by Gasteiger charge is -2.26. The third kappa shape index (κ3) is 3.59. The van der Waals surface area contributed by atoms with Crippen molar-refractivity contribution in [3.63, 3.8) is 0 Å². The fourth-order valence-corrected chi connectivity index (χ4v) is 2.78. The van der Waals surface area contributed by atoms with Crippen molar-refractivity contribution >= 4 is 22.6 Å². The van der Waals surface area contributed by atoms with Crippen molar-refractivity contribution < 1.29 is 9.53 Å². The maximum Gasteiger partial charge on any atom is 0.410 e. The SMILES string of the molecule is CN(c1nccs1)C1CCN(C(=O)OC(C)(C)C)C1. The Labute approximate surface area is 118 Å². The molecule has 2 heterocycles. The Morgan fingerprint density at radius 3 is 2.89 bits per heavy atom. The van der Waals surface area contributed by atoms with Crippen LogP contribution in [-0.2, 0) is 4.74 Å². The summed E-state index contributed by atoms with van der Waals surface area (Å²) in [5.74, 6) is 0. The number of likely N-dealkylation sites (tertiary alicyclic amines) is 1. The number of likely N-dealkylation sites (N-methyl/N-ethyl adjacent to an activating group) is 1. The van der Waals surface area contributed by atoms with Crippen molar-refractivity contribution in [1.29, 1.82) is 0 Å². The van der Waals surface area contributed by atoms with Crippen LogP contribution in [0.25, 0.3) is 0 Å². The van der Waals surface area contributed by atoms with Crippen molar-refractivity contribution in [2.45, 2.75) is 38.8 Å². The number of hydrogen-bond donors (Lipinski definition) is 0. The van der Waals surface area contributed by atoms with Gasteiger partial charge in [0.05, 0.1) is 6.04 Å². The molecule has 1 aromatic heterocycles. The number of nitrogens with zero attached hydrogens (tertiary/aromatic N) is 3. The van der Waals surface area contributed by atoms with Gasteiger partial charge in [0.1, 0.15) is 5.60 Å². The normalized spacial score (nSPS) is 19.6. The van der Waals surface area contributed by atoms with Gasteiger partial charge in [0.25, 0.3) is 0 Å². The topological polar surface area (TPSA) is 45.7 Å². The second-order valence-electron chi connectivity index (χ2n) is 5.79. The summed E-state index contributed by atoms with van der Waals surface area (Å²) in [5, 5.41) is 2.96. The van der Waals surface area contributed by atoms with E-state index < -0.39 is 5.60 Å². The Balaban J connectivity index is 1.91. The minimum absolute atomic E-state index is 0.220. The van der Waals surface area contributed by atoms with Gasteiger partial charge >= 0.3 is 6.09 Å². The van der Waals surface area contributed by atoms with E-state index in [0.717, 1.165) is 18.1 Å². The first kappa shape index (κ1) is 14.1. The molecule has 1 aliphatic heterocycles. The first-order valence-corrected chi connectivity index (χ1v) is 7.35. The van der Waals surface area contributed by atoms with Gasteiger partial charge < -0.3 is 14.5 Å². The summed E-state index contributed by atoms with van der Waals surface area (Å²) in [7, 11) is 2.03. The molecule has 19 heavy (non-hydrogen) atoms. The maximum atomic E-state index is 12.0. The number of anilines is 1. The molecule has 0 radical (unpaired) electrons. The van der Waals surface area contributed by atoms with Crippen LogP contribution < -0.4 is 4.90 Å². The van der Waals surface area contributed by atoms with E-state index in [2.05, 4.69) is 9.88 Å². The maximum absolute atomic E-state index is 12.0. The number of carbonyl (C=O) groups is 1. The Morgan fingerprint density at radius 1 is 1.58 bits per heavy atom. The molecule has 106 valence electrons. The number of thiazole rings is 1. The molecule has 5 nitrogen and oxygen atoms in total. The molecule has 0 aliphatic carbocycles. The minimum atomic E-state index is -0.434. The number of rotatable bonds is 2. The summed E-state index contributed by atoms with van der Waals surface area (Å²) in [4.78, 5) is 20.2. The number of hydrogen-bond acceptors (Lipinski definition) is 5. The molecule has 1 saturated heterocycles. The highest BCUT2D eigenvalue weighted by Crippen LogP contribution is 2.24. The molecular weight excluding hydrogens is 262 g/mol. The zero-order valence-corrected chi connectivity index (χ0v) is 12.7. The van der Waals surface area contributed by atoms with Crippen LogP contribution in [0, 0.1) is 0 Å². The largest absolute Gasteiger partial charge is 0.444 e. The lowest BCUT2D eigenvalue weighted by Crippen LogP contribution is -2.39. The Morgan fingerprint density at radius 2 is 2.32 bits per heavy atom. The smallest absolute Gasteiger partial charge is 0.410 e. The number of ether oxygens (including phenoxy) is 1. The lowest BCUT2D eigenvalue weighted by molar-refractivity contribution is 0.0292. The van der Waals surface area contributed by atoms with E-state index in [0.29, 0.717) is 12.6 Å². The van der Waals surface area contributed by atoms with Crippen molar-refractivity contribution in [2.75, 3.05) is 25.0 Å². The van der Waals surface area contributed by atoms with E-state index >= 15 is 0 Å². The first-order chi connectivity index (χ1) is 8.87. The van der Waals surface area contributed by atoms with Gasteiger partial charge in [0.2, 0.25) is 0 Å². The predicted molar refractivity (Wildman–Crippen MR) is 76.7 cm³/mol. The first-order valence-electron chi connectivity index (χ1n) is 6.47. The summed E-state index contributed by atoms with van der Waals surface area (Å²) in [6, 6.07) is 0.318. The number of carbonyl (C=O) groups excluding carboxylic acids is 1. The Bertz CT molecular complexity index is 428. The van der Waals surface area contributed by atoms with E-state index in [1.807, 2.05) is 33.2 Å². The van der Waals surface area contributed by atoms with Gasteiger partial charge in [-0.25, -0.2) is 9.78 Å². The van der Waals surface area contributed by atoms with Crippen molar-refractivity contribution in [3.8, 4) is 0 Å². The van der Waals surface area contributed by atoms with E-state index in [1.165, 1.54) is 0 Å². The minimum Gasteiger partial charge on any atom is -0.444 e. The third-order valence-corrected chi connectivity index (χ3v) is 3.95. The van der Waals surface area contributed by atoms with Gasteiger partial charge in [0.15, 0.2) is 5.13 Å². The molecule has 0 aromatic carbocycles. The standard InChI is InChI=1S/C13H21N3O2S/c1-13(2,3)18-12(17)16-7-5-10(9-16)15(4)11-14-6-8-19-11/h6,8,10H,5,7,9H2,1-4H3. The van der Waals surface area contributed by atoms with Gasteiger partial charge in [-0.05, 0) is 27.2 Å². The quantitative estimate of drug-likeness (QED) is 0.837. The van der Waals surface area contributed by atoms with Gasteiger partial charge in [-0.15, -0.1) is 11.3 Å². The van der Waals surface area contributed by atoms with Crippen molar-refractivity contribution in [2.24, 2.45) is 0 Å². The molecule has 1 atom stereocenters. The predicted octanol–water partition coefficient (Wildman–Crippen LogP) is 2.59. The molecule has 6 heteroatoms. The average Bonchev–Trinajstić information content (AvgIpc) is 2.98. The van der Waals surface area contributed by atoms with E-state index in [4.69, 9.17) is 4.74 Å². The monoisotopic (exact) mass is 283 g/mol. The second-order valence-corrected chi connectivity index (χ2v) is 6.67. The van der Waals surface area contributed by atoms with Gasteiger partial charge in [-0.2, -0.15) is 0 Å². The summed E-state index contributed by atoms with van der Waals surface area (Å²) < 4.78 is 5.40. The van der Waals surface area contributed by atoms with Crippen LogP contribution in [0.2, 0.25) is 0 Å². The summed E-state index contributed by atoms with van der Waals surface area (Å²) >= 11 is 1.62. The van der Waals surface area contributed by atoms with Gasteiger partial charge in [-0.1, -0.05) is 0 Å². The average molecular weight is 283 g/mol.